The van der Waals surface area contributed by atoms with Gasteiger partial charge >= 0.3 is 0 Å². The van der Waals surface area contributed by atoms with Crippen molar-refractivity contribution in [3.8, 4) is 0 Å². The summed E-state index contributed by atoms with van der Waals surface area (Å²) >= 11 is 0. The highest BCUT2D eigenvalue weighted by atomic mass is 16.2. The smallest absolute Gasteiger partial charge is 0.290 e. The molecule has 1 aliphatic heterocycles. The summed E-state index contributed by atoms with van der Waals surface area (Å²) in [6.07, 6.45) is 4.81. The predicted octanol–water partition coefficient (Wildman–Crippen LogP) is 3.69. The van der Waals surface area contributed by atoms with Gasteiger partial charge in [0.15, 0.2) is 11.3 Å². The van der Waals surface area contributed by atoms with Gasteiger partial charge in [-0.25, -0.2) is 9.66 Å². The van der Waals surface area contributed by atoms with Crippen molar-refractivity contribution in [2.45, 2.75) is 59.0 Å². The van der Waals surface area contributed by atoms with Crippen molar-refractivity contribution >= 4 is 22.5 Å². The molecule has 4 rings (SSSR count). The van der Waals surface area contributed by atoms with Gasteiger partial charge in [0, 0.05) is 33.9 Å². The van der Waals surface area contributed by atoms with Crippen LogP contribution in [0.2, 0.25) is 0 Å². The fraction of sp³-hybridized carbons (Fsp3) is 0.409. The maximum Gasteiger partial charge on any atom is 0.290 e. The Morgan fingerprint density at radius 1 is 1.24 bits per heavy atom. The number of H-pyrrole nitrogens is 1. The molecule has 4 heterocycles. The van der Waals surface area contributed by atoms with Gasteiger partial charge in [-0.2, -0.15) is 5.10 Å². The Bertz CT molecular complexity index is 1130. The molecule has 0 fully saturated rings. The molecule has 29 heavy (non-hydrogen) atoms. The second-order valence-electron chi connectivity index (χ2n) is 9.12. The average Bonchev–Trinajstić information content (AvgIpc) is 3.13. The van der Waals surface area contributed by atoms with Gasteiger partial charge in [-0.05, 0) is 71.7 Å². The number of amides is 1. The Hall–Kier alpha value is -2.93. The van der Waals surface area contributed by atoms with Crippen LogP contribution in [0, 0.1) is 13.8 Å². The number of hydrogen-bond donors (Lipinski definition) is 3. The van der Waals surface area contributed by atoms with Crippen LogP contribution in [0.3, 0.4) is 0 Å². The Balaban J connectivity index is 1.83. The molecule has 0 saturated carbocycles. The number of aryl methyl sites for hydroxylation is 1. The summed E-state index contributed by atoms with van der Waals surface area (Å²) in [5.41, 5.74) is 7.76. The second kappa shape index (κ2) is 6.56. The summed E-state index contributed by atoms with van der Waals surface area (Å²) in [6.45, 7) is 12.5. The van der Waals surface area contributed by atoms with E-state index in [2.05, 4.69) is 65.8 Å². The van der Waals surface area contributed by atoms with Crippen LogP contribution in [0.15, 0.2) is 30.5 Å². The fourth-order valence-corrected chi connectivity index (χ4v) is 4.32. The zero-order chi connectivity index (χ0) is 21.0. The number of carbonyl (C=O) groups is 1. The first-order valence-corrected chi connectivity index (χ1v) is 9.87. The third-order valence-corrected chi connectivity index (χ3v) is 5.40. The van der Waals surface area contributed by atoms with Crippen LogP contribution in [0.25, 0.3) is 16.6 Å². The van der Waals surface area contributed by atoms with E-state index in [-0.39, 0.29) is 17.0 Å². The quantitative estimate of drug-likeness (QED) is 0.634. The normalized spacial score (nSPS) is 17.9. The van der Waals surface area contributed by atoms with Crippen LogP contribution in [-0.4, -0.2) is 36.8 Å². The van der Waals surface area contributed by atoms with Crippen LogP contribution in [0.5, 0.6) is 0 Å². The molecule has 0 unspecified atom stereocenters. The van der Waals surface area contributed by atoms with Crippen LogP contribution < -0.4 is 10.7 Å². The minimum atomic E-state index is -0.260. The lowest BCUT2D eigenvalue weighted by atomic mass is 9.82. The molecule has 7 heteroatoms. The van der Waals surface area contributed by atoms with E-state index >= 15 is 0 Å². The third kappa shape index (κ3) is 3.58. The van der Waals surface area contributed by atoms with Crippen molar-refractivity contribution < 1.29 is 4.79 Å². The van der Waals surface area contributed by atoms with E-state index < -0.39 is 0 Å². The highest BCUT2D eigenvalue weighted by Gasteiger charge is 2.34. The Morgan fingerprint density at radius 2 is 2.00 bits per heavy atom. The minimum Gasteiger partial charge on any atom is -0.303 e. The Morgan fingerprint density at radius 3 is 2.66 bits per heavy atom. The molecule has 0 atom stereocenters. The van der Waals surface area contributed by atoms with Gasteiger partial charge in [0.25, 0.3) is 5.91 Å². The number of nitrogens with one attached hydrogen (secondary N) is 3. The fourth-order valence-electron chi connectivity index (χ4n) is 4.32. The maximum absolute atomic E-state index is 13.0. The zero-order valence-electron chi connectivity index (χ0n) is 17.8. The SMILES string of the molecule is Cc1[nH]nc(C(=O)Nn2c(C3=CC(C)(C)NC(C)(C)C3)cc3cccnc32)c1C. The first-order valence-electron chi connectivity index (χ1n) is 9.87. The van der Waals surface area contributed by atoms with Crippen LogP contribution >= 0.6 is 0 Å². The number of aromatic nitrogens is 4. The molecule has 0 saturated heterocycles. The van der Waals surface area contributed by atoms with Crippen LogP contribution in [0.4, 0.5) is 0 Å². The Labute approximate surface area is 170 Å². The summed E-state index contributed by atoms with van der Waals surface area (Å²) in [4.78, 5) is 17.5. The molecule has 7 nitrogen and oxygen atoms in total. The lowest BCUT2D eigenvalue weighted by Crippen LogP contribution is -2.53. The lowest BCUT2D eigenvalue weighted by Gasteiger charge is -2.41. The molecular formula is C22H28N6O. The van der Waals surface area contributed by atoms with Crippen molar-refractivity contribution in [3.05, 3.63) is 53.1 Å². The molecule has 0 bridgehead atoms. The molecule has 1 aliphatic rings. The van der Waals surface area contributed by atoms with E-state index in [9.17, 15) is 4.79 Å². The van der Waals surface area contributed by atoms with Crippen molar-refractivity contribution in [2.75, 3.05) is 5.43 Å². The first-order chi connectivity index (χ1) is 13.6. The monoisotopic (exact) mass is 392 g/mol. The minimum absolute atomic E-state index is 0.0673. The van der Waals surface area contributed by atoms with E-state index in [4.69, 9.17) is 0 Å². The summed E-state index contributed by atoms with van der Waals surface area (Å²) in [7, 11) is 0. The molecule has 3 N–H and O–H groups in total. The van der Waals surface area contributed by atoms with Gasteiger partial charge < -0.3 is 5.32 Å². The summed E-state index contributed by atoms with van der Waals surface area (Å²) in [5, 5.41) is 11.7. The van der Waals surface area contributed by atoms with E-state index in [1.807, 2.05) is 26.0 Å². The van der Waals surface area contributed by atoms with E-state index in [1.54, 1.807) is 10.9 Å². The topological polar surface area (TPSA) is 87.6 Å². The molecule has 3 aromatic heterocycles. The van der Waals surface area contributed by atoms with Gasteiger partial charge in [-0.15, -0.1) is 0 Å². The molecule has 0 aromatic carbocycles. The zero-order valence-corrected chi connectivity index (χ0v) is 17.8. The van der Waals surface area contributed by atoms with Crippen molar-refractivity contribution in [2.24, 2.45) is 0 Å². The summed E-state index contributed by atoms with van der Waals surface area (Å²) in [5.74, 6) is -0.260. The van der Waals surface area contributed by atoms with Crippen LogP contribution in [-0.2, 0) is 0 Å². The number of aromatic amines is 1. The van der Waals surface area contributed by atoms with E-state index in [0.717, 1.165) is 34.4 Å². The molecular weight excluding hydrogens is 364 g/mol. The van der Waals surface area contributed by atoms with Crippen molar-refractivity contribution in [3.63, 3.8) is 0 Å². The van der Waals surface area contributed by atoms with Gasteiger partial charge in [-0.1, -0.05) is 6.08 Å². The number of fused-ring (bicyclic) bond motifs is 1. The third-order valence-electron chi connectivity index (χ3n) is 5.40. The number of pyridine rings is 1. The maximum atomic E-state index is 13.0. The lowest BCUT2D eigenvalue weighted by molar-refractivity contribution is 0.100. The van der Waals surface area contributed by atoms with Crippen molar-refractivity contribution in [1.29, 1.82) is 0 Å². The number of carbonyl (C=O) groups excluding carboxylic acids is 1. The van der Waals surface area contributed by atoms with E-state index in [0.29, 0.717) is 5.69 Å². The van der Waals surface area contributed by atoms with Gasteiger partial charge in [-0.3, -0.25) is 15.3 Å². The van der Waals surface area contributed by atoms with Crippen LogP contribution in [0.1, 0.15) is 61.6 Å². The molecule has 0 aliphatic carbocycles. The largest absolute Gasteiger partial charge is 0.303 e. The Kier molecular flexibility index (Phi) is 4.38. The van der Waals surface area contributed by atoms with Gasteiger partial charge in [0.1, 0.15) is 0 Å². The van der Waals surface area contributed by atoms with Crippen molar-refractivity contribution in [1.82, 2.24) is 25.2 Å². The summed E-state index contributed by atoms with van der Waals surface area (Å²) < 4.78 is 1.80. The molecule has 0 radical (unpaired) electrons. The van der Waals surface area contributed by atoms with Gasteiger partial charge in [0.05, 0.1) is 5.69 Å². The molecule has 3 aromatic rings. The standard InChI is InChI=1S/C22H28N6O/c1-13-14(2)24-25-18(13)20(29)26-28-17(10-15-8-7-9-23-19(15)28)16-11-21(3,4)27-22(5,6)12-16/h7-11,27H,12H2,1-6H3,(H,24,25)(H,26,29). The van der Waals surface area contributed by atoms with Gasteiger partial charge in [0.2, 0.25) is 0 Å². The number of hydrogen-bond acceptors (Lipinski definition) is 4. The number of nitrogens with zero attached hydrogens (tertiary/aromatic N) is 3. The molecule has 0 spiro atoms. The summed E-state index contributed by atoms with van der Waals surface area (Å²) in [6, 6.07) is 6.01. The average molecular weight is 393 g/mol. The van der Waals surface area contributed by atoms with E-state index in [1.165, 1.54) is 5.57 Å². The highest BCUT2D eigenvalue weighted by Crippen LogP contribution is 2.35. The predicted molar refractivity (Wildman–Crippen MR) is 115 cm³/mol. The number of rotatable bonds is 3. The first kappa shape index (κ1) is 19.4. The molecule has 152 valence electrons. The highest BCUT2D eigenvalue weighted by molar-refractivity contribution is 6.01. The second-order valence-corrected chi connectivity index (χ2v) is 9.12. The molecule has 1 amide bonds.